The van der Waals surface area contributed by atoms with Crippen LogP contribution in [-0.2, 0) is 11.2 Å². The highest BCUT2D eigenvalue weighted by atomic mass is 79.9. The Hall–Kier alpha value is -2.80. The van der Waals surface area contributed by atoms with Crippen LogP contribution in [0.1, 0.15) is 11.3 Å². The number of aryl methyl sites for hydroxylation is 1. The van der Waals surface area contributed by atoms with Crippen molar-refractivity contribution in [1.82, 2.24) is 4.98 Å². The van der Waals surface area contributed by atoms with Crippen molar-refractivity contribution in [3.05, 3.63) is 58.2 Å². The van der Waals surface area contributed by atoms with E-state index in [2.05, 4.69) is 31.5 Å². The SMILES string of the molecule is Cc1[nH]c2ccc(Br)cc2c1CC(=O)Nc1ccc(NC(N)=O)cc1. The molecule has 25 heavy (non-hydrogen) atoms. The zero-order chi connectivity index (χ0) is 18.0. The predicted octanol–water partition coefficient (Wildman–Crippen LogP) is 3.91. The van der Waals surface area contributed by atoms with Gasteiger partial charge in [-0.05, 0) is 55.0 Å². The van der Waals surface area contributed by atoms with Crippen molar-refractivity contribution >= 4 is 50.1 Å². The monoisotopic (exact) mass is 400 g/mol. The average Bonchev–Trinajstić information content (AvgIpc) is 2.84. The van der Waals surface area contributed by atoms with Gasteiger partial charge in [-0.2, -0.15) is 0 Å². The van der Waals surface area contributed by atoms with Gasteiger partial charge in [-0.25, -0.2) is 4.79 Å². The van der Waals surface area contributed by atoms with Crippen LogP contribution < -0.4 is 16.4 Å². The standard InChI is InChI=1S/C18H17BrN4O2/c1-10-14(15-8-11(19)2-7-16(15)21-10)9-17(24)22-12-3-5-13(6-4-12)23-18(20)25/h2-8,21H,9H2,1H3,(H,22,24)(H3,20,23,25). The van der Waals surface area contributed by atoms with E-state index in [1.165, 1.54) is 0 Å². The molecular weight excluding hydrogens is 384 g/mol. The summed E-state index contributed by atoms with van der Waals surface area (Å²) >= 11 is 3.47. The zero-order valence-electron chi connectivity index (χ0n) is 13.5. The van der Waals surface area contributed by atoms with E-state index >= 15 is 0 Å². The first-order valence-corrected chi connectivity index (χ1v) is 8.45. The van der Waals surface area contributed by atoms with Gasteiger partial charge in [0, 0.05) is 32.4 Å². The minimum absolute atomic E-state index is 0.111. The fourth-order valence-electron chi connectivity index (χ4n) is 2.73. The predicted molar refractivity (Wildman–Crippen MR) is 103 cm³/mol. The van der Waals surface area contributed by atoms with Gasteiger partial charge in [-0.1, -0.05) is 15.9 Å². The molecule has 0 saturated heterocycles. The number of hydrogen-bond donors (Lipinski definition) is 4. The minimum atomic E-state index is -0.627. The third kappa shape index (κ3) is 4.00. The number of benzene rings is 2. The van der Waals surface area contributed by atoms with Crippen LogP contribution in [0, 0.1) is 6.92 Å². The lowest BCUT2D eigenvalue weighted by atomic mass is 10.1. The number of nitrogens with one attached hydrogen (secondary N) is 3. The van der Waals surface area contributed by atoms with Crippen LogP contribution in [0.4, 0.5) is 16.2 Å². The van der Waals surface area contributed by atoms with Gasteiger partial charge < -0.3 is 21.4 Å². The molecule has 6 nitrogen and oxygen atoms in total. The van der Waals surface area contributed by atoms with Gasteiger partial charge in [0.05, 0.1) is 6.42 Å². The molecule has 3 rings (SSSR count). The quantitative estimate of drug-likeness (QED) is 0.533. The highest BCUT2D eigenvalue weighted by Gasteiger charge is 2.13. The summed E-state index contributed by atoms with van der Waals surface area (Å²) in [7, 11) is 0. The number of rotatable bonds is 4. The molecule has 3 aromatic rings. The molecule has 0 aliphatic rings. The number of amides is 3. The Morgan fingerprint density at radius 1 is 1.08 bits per heavy atom. The van der Waals surface area contributed by atoms with Crippen molar-refractivity contribution in [3.8, 4) is 0 Å². The Morgan fingerprint density at radius 2 is 1.72 bits per heavy atom. The van der Waals surface area contributed by atoms with Gasteiger partial charge >= 0.3 is 6.03 Å². The maximum atomic E-state index is 12.4. The van der Waals surface area contributed by atoms with Gasteiger partial charge in [0.2, 0.25) is 5.91 Å². The smallest absolute Gasteiger partial charge is 0.316 e. The summed E-state index contributed by atoms with van der Waals surface area (Å²) in [5.74, 6) is -0.111. The summed E-state index contributed by atoms with van der Waals surface area (Å²) in [4.78, 5) is 26.5. The summed E-state index contributed by atoms with van der Waals surface area (Å²) in [5, 5.41) is 6.36. The van der Waals surface area contributed by atoms with E-state index in [0.29, 0.717) is 11.4 Å². The number of urea groups is 1. The zero-order valence-corrected chi connectivity index (χ0v) is 15.1. The molecule has 7 heteroatoms. The third-order valence-electron chi connectivity index (χ3n) is 3.86. The normalized spacial score (nSPS) is 10.6. The fraction of sp³-hybridized carbons (Fsp3) is 0.111. The van der Waals surface area contributed by atoms with Crippen LogP contribution >= 0.6 is 15.9 Å². The van der Waals surface area contributed by atoms with Crippen molar-refractivity contribution in [3.63, 3.8) is 0 Å². The van der Waals surface area contributed by atoms with Gasteiger partial charge in [-0.3, -0.25) is 4.79 Å². The number of halogens is 1. The molecule has 0 unspecified atom stereocenters. The maximum absolute atomic E-state index is 12.4. The number of hydrogen-bond acceptors (Lipinski definition) is 2. The molecule has 0 fully saturated rings. The summed E-state index contributed by atoms with van der Waals surface area (Å²) in [6, 6.07) is 12.1. The van der Waals surface area contributed by atoms with Gasteiger partial charge in [0.25, 0.3) is 0 Å². The lowest BCUT2D eigenvalue weighted by molar-refractivity contribution is -0.115. The number of carbonyl (C=O) groups is 2. The number of primary amides is 1. The second-order valence-corrected chi connectivity index (χ2v) is 6.63. The highest BCUT2D eigenvalue weighted by Crippen LogP contribution is 2.26. The first-order chi connectivity index (χ1) is 11.9. The van der Waals surface area contributed by atoms with Crippen LogP contribution in [0.25, 0.3) is 10.9 Å². The van der Waals surface area contributed by atoms with E-state index in [9.17, 15) is 9.59 Å². The second kappa shape index (κ2) is 6.98. The van der Waals surface area contributed by atoms with E-state index in [-0.39, 0.29) is 12.3 Å². The number of anilines is 2. The first kappa shape index (κ1) is 17.0. The second-order valence-electron chi connectivity index (χ2n) is 5.71. The van der Waals surface area contributed by atoms with Gasteiger partial charge in [-0.15, -0.1) is 0 Å². The van der Waals surface area contributed by atoms with Crippen LogP contribution in [-0.4, -0.2) is 16.9 Å². The van der Waals surface area contributed by atoms with Crippen molar-refractivity contribution in [2.75, 3.05) is 10.6 Å². The van der Waals surface area contributed by atoms with Crippen molar-refractivity contribution in [2.24, 2.45) is 5.73 Å². The number of nitrogens with two attached hydrogens (primary N) is 1. The summed E-state index contributed by atoms with van der Waals surface area (Å²) in [6.07, 6.45) is 0.267. The third-order valence-corrected chi connectivity index (χ3v) is 4.35. The highest BCUT2D eigenvalue weighted by molar-refractivity contribution is 9.10. The van der Waals surface area contributed by atoms with Gasteiger partial charge in [0.1, 0.15) is 0 Å². The Bertz CT molecular complexity index is 948. The first-order valence-electron chi connectivity index (χ1n) is 7.65. The Balaban J connectivity index is 1.73. The molecule has 0 saturated carbocycles. The molecule has 0 spiro atoms. The molecule has 5 N–H and O–H groups in total. The van der Waals surface area contributed by atoms with E-state index in [0.717, 1.165) is 26.6 Å². The van der Waals surface area contributed by atoms with E-state index in [4.69, 9.17) is 5.73 Å². The number of aromatic amines is 1. The van der Waals surface area contributed by atoms with Crippen molar-refractivity contribution < 1.29 is 9.59 Å². The Labute approximate surface area is 152 Å². The lowest BCUT2D eigenvalue weighted by Crippen LogP contribution is -2.19. The van der Waals surface area contributed by atoms with Crippen LogP contribution in [0.2, 0.25) is 0 Å². The van der Waals surface area contributed by atoms with Crippen molar-refractivity contribution in [2.45, 2.75) is 13.3 Å². The van der Waals surface area contributed by atoms with E-state index in [1.54, 1.807) is 24.3 Å². The van der Waals surface area contributed by atoms with Crippen LogP contribution in [0.3, 0.4) is 0 Å². The molecule has 0 atom stereocenters. The molecular formula is C18H17BrN4O2. The lowest BCUT2D eigenvalue weighted by Gasteiger charge is -2.07. The molecule has 1 heterocycles. The molecule has 2 aromatic carbocycles. The Morgan fingerprint density at radius 3 is 2.36 bits per heavy atom. The molecule has 0 aliphatic heterocycles. The molecule has 0 aliphatic carbocycles. The largest absolute Gasteiger partial charge is 0.358 e. The molecule has 0 bridgehead atoms. The average molecular weight is 401 g/mol. The van der Waals surface area contributed by atoms with Gasteiger partial charge in [0.15, 0.2) is 0 Å². The number of carbonyl (C=O) groups excluding carboxylic acids is 2. The molecule has 3 amide bonds. The number of aromatic nitrogens is 1. The van der Waals surface area contributed by atoms with E-state index in [1.807, 2.05) is 25.1 Å². The van der Waals surface area contributed by atoms with Crippen molar-refractivity contribution in [1.29, 1.82) is 0 Å². The maximum Gasteiger partial charge on any atom is 0.316 e. The summed E-state index contributed by atoms with van der Waals surface area (Å²) < 4.78 is 0.971. The topological polar surface area (TPSA) is 100 Å². The summed E-state index contributed by atoms with van der Waals surface area (Å²) in [6.45, 7) is 1.96. The fourth-order valence-corrected chi connectivity index (χ4v) is 3.09. The van der Waals surface area contributed by atoms with Crippen LogP contribution in [0.15, 0.2) is 46.9 Å². The number of fused-ring (bicyclic) bond motifs is 1. The molecule has 1 aromatic heterocycles. The number of H-pyrrole nitrogens is 1. The summed E-state index contributed by atoms with van der Waals surface area (Å²) in [5.41, 5.74) is 9.24. The molecule has 0 radical (unpaired) electrons. The van der Waals surface area contributed by atoms with Crippen LogP contribution in [0.5, 0.6) is 0 Å². The van der Waals surface area contributed by atoms with E-state index < -0.39 is 6.03 Å². The minimum Gasteiger partial charge on any atom is -0.358 e. The molecule has 128 valence electrons. The Kier molecular flexibility index (Phi) is 4.76.